The molecule has 0 saturated heterocycles. The second-order valence-corrected chi connectivity index (χ2v) is 7.13. The Morgan fingerprint density at radius 3 is 2.61 bits per heavy atom. The molecule has 3 rings (SSSR count). The standard InChI is InChI=1S/C24H27N3O4/c1-3-4-8-21(24(28)29)27-23-14-22(25-16-26-23)18-9-11-19(12-10-18)31-15-17-6-5-7-20(13-17)30-2/h5-7,9-14,16,21H,3-4,8,15H2,1-2H3,(H,28,29)(H,25,26,27). The fourth-order valence-corrected chi connectivity index (χ4v) is 3.09. The molecule has 7 nitrogen and oxygen atoms in total. The van der Waals surface area contributed by atoms with E-state index >= 15 is 0 Å². The van der Waals surface area contributed by atoms with Crippen LogP contribution in [0.3, 0.4) is 0 Å². The number of carbonyl (C=O) groups is 1. The van der Waals surface area contributed by atoms with Gasteiger partial charge in [-0.1, -0.05) is 31.9 Å². The maximum Gasteiger partial charge on any atom is 0.326 e. The molecule has 1 unspecified atom stereocenters. The van der Waals surface area contributed by atoms with Crippen molar-refractivity contribution in [3.05, 3.63) is 66.5 Å². The van der Waals surface area contributed by atoms with Crippen LogP contribution in [-0.4, -0.2) is 34.2 Å². The minimum absolute atomic E-state index is 0.437. The van der Waals surface area contributed by atoms with Gasteiger partial charge in [0, 0.05) is 11.6 Å². The van der Waals surface area contributed by atoms with Gasteiger partial charge in [-0.15, -0.1) is 0 Å². The van der Waals surface area contributed by atoms with Gasteiger partial charge in [-0.25, -0.2) is 14.8 Å². The summed E-state index contributed by atoms with van der Waals surface area (Å²) in [6.07, 6.45) is 3.75. The van der Waals surface area contributed by atoms with E-state index < -0.39 is 12.0 Å². The number of hydrogen-bond donors (Lipinski definition) is 2. The summed E-state index contributed by atoms with van der Waals surface area (Å²) < 4.78 is 11.1. The molecule has 1 heterocycles. The van der Waals surface area contributed by atoms with Crippen molar-refractivity contribution in [3.8, 4) is 22.8 Å². The van der Waals surface area contributed by atoms with Gasteiger partial charge in [0.25, 0.3) is 0 Å². The third-order valence-electron chi connectivity index (χ3n) is 4.82. The molecule has 31 heavy (non-hydrogen) atoms. The Labute approximate surface area is 182 Å². The Bertz CT molecular complexity index is 992. The molecule has 1 aromatic heterocycles. The zero-order valence-corrected chi connectivity index (χ0v) is 17.7. The van der Waals surface area contributed by atoms with Crippen molar-refractivity contribution < 1.29 is 19.4 Å². The second kappa shape index (κ2) is 11.0. The third-order valence-corrected chi connectivity index (χ3v) is 4.82. The molecular weight excluding hydrogens is 394 g/mol. The zero-order chi connectivity index (χ0) is 22.1. The number of rotatable bonds is 11. The Morgan fingerprint density at radius 2 is 1.90 bits per heavy atom. The van der Waals surface area contributed by atoms with Crippen LogP contribution in [0.25, 0.3) is 11.3 Å². The lowest BCUT2D eigenvalue weighted by atomic mass is 10.1. The number of carboxylic acids is 1. The van der Waals surface area contributed by atoms with Crippen LogP contribution >= 0.6 is 0 Å². The summed E-state index contributed by atoms with van der Waals surface area (Å²) in [5, 5.41) is 12.4. The summed E-state index contributed by atoms with van der Waals surface area (Å²) in [5.74, 6) is 1.15. The summed E-state index contributed by atoms with van der Waals surface area (Å²) in [6, 6.07) is 16.4. The van der Waals surface area contributed by atoms with Crippen molar-refractivity contribution >= 4 is 11.8 Å². The molecule has 0 spiro atoms. The molecular formula is C24H27N3O4. The summed E-state index contributed by atoms with van der Waals surface area (Å²) in [4.78, 5) is 20.0. The van der Waals surface area contributed by atoms with Crippen LogP contribution in [0.2, 0.25) is 0 Å². The lowest BCUT2D eigenvalue weighted by molar-refractivity contribution is -0.138. The van der Waals surface area contributed by atoms with Crippen molar-refractivity contribution in [2.45, 2.75) is 38.8 Å². The number of nitrogens with zero attached hydrogens (tertiary/aromatic N) is 2. The average Bonchev–Trinajstić information content (AvgIpc) is 2.81. The van der Waals surface area contributed by atoms with E-state index in [0.717, 1.165) is 35.5 Å². The molecule has 3 aromatic rings. The first kappa shape index (κ1) is 22.1. The molecule has 0 fully saturated rings. The van der Waals surface area contributed by atoms with Gasteiger partial charge in [0.05, 0.1) is 12.8 Å². The highest BCUT2D eigenvalue weighted by Crippen LogP contribution is 2.23. The highest BCUT2D eigenvalue weighted by molar-refractivity contribution is 5.77. The first-order chi connectivity index (χ1) is 15.1. The number of nitrogens with one attached hydrogen (secondary N) is 1. The summed E-state index contributed by atoms with van der Waals surface area (Å²) >= 11 is 0. The predicted molar refractivity (Wildman–Crippen MR) is 119 cm³/mol. The fraction of sp³-hybridized carbons (Fsp3) is 0.292. The molecule has 2 N–H and O–H groups in total. The van der Waals surface area contributed by atoms with Crippen LogP contribution in [0, 0.1) is 0 Å². The van der Waals surface area contributed by atoms with Gasteiger partial charge in [0.1, 0.15) is 36.3 Å². The molecule has 0 amide bonds. The molecule has 0 radical (unpaired) electrons. The number of aliphatic carboxylic acids is 1. The Hall–Kier alpha value is -3.61. The number of unbranched alkanes of at least 4 members (excludes halogenated alkanes) is 1. The number of carboxylic acid groups (broad SMARTS) is 1. The molecule has 0 bridgehead atoms. The van der Waals surface area contributed by atoms with Crippen molar-refractivity contribution in [2.75, 3.05) is 12.4 Å². The highest BCUT2D eigenvalue weighted by Gasteiger charge is 2.17. The topological polar surface area (TPSA) is 93.6 Å². The van der Waals surface area contributed by atoms with Gasteiger partial charge in [-0.3, -0.25) is 0 Å². The normalized spacial score (nSPS) is 11.5. The molecule has 1 atom stereocenters. The van der Waals surface area contributed by atoms with Crippen molar-refractivity contribution in [1.29, 1.82) is 0 Å². The molecule has 0 aliphatic heterocycles. The van der Waals surface area contributed by atoms with Gasteiger partial charge in [0.2, 0.25) is 0 Å². The Morgan fingerprint density at radius 1 is 1.10 bits per heavy atom. The van der Waals surface area contributed by atoms with E-state index in [1.165, 1.54) is 6.33 Å². The van der Waals surface area contributed by atoms with Gasteiger partial charge in [0.15, 0.2) is 0 Å². The summed E-state index contributed by atoms with van der Waals surface area (Å²) in [5.41, 5.74) is 2.61. The number of aromatic nitrogens is 2. The van der Waals surface area contributed by atoms with E-state index in [2.05, 4.69) is 15.3 Å². The fourth-order valence-electron chi connectivity index (χ4n) is 3.09. The smallest absolute Gasteiger partial charge is 0.326 e. The van der Waals surface area contributed by atoms with Crippen LogP contribution in [-0.2, 0) is 11.4 Å². The van der Waals surface area contributed by atoms with Crippen molar-refractivity contribution in [3.63, 3.8) is 0 Å². The van der Waals surface area contributed by atoms with E-state index in [0.29, 0.717) is 24.5 Å². The van der Waals surface area contributed by atoms with Crippen molar-refractivity contribution in [1.82, 2.24) is 9.97 Å². The quantitative estimate of drug-likeness (QED) is 0.460. The summed E-state index contributed by atoms with van der Waals surface area (Å²) in [7, 11) is 1.64. The van der Waals surface area contributed by atoms with Crippen LogP contribution in [0.4, 0.5) is 5.82 Å². The average molecular weight is 421 g/mol. The first-order valence-electron chi connectivity index (χ1n) is 10.3. The molecule has 0 aliphatic carbocycles. The van der Waals surface area contributed by atoms with E-state index in [4.69, 9.17) is 9.47 Å². The Kier molecular flexibility index (Phi) is 7.81. The van der Waals surface area contributed by atoms with Gasteiger partial charge in [-0.05, 0) is 48.4 Å². The number of methoxy groups -OCH3 is 1. The molecule has 7 heteroatoms. The SMILES string of the molecule is CCCCC(Nc1cc(-c2ccc(OCc3cccc(OC)c3)cc2)ncn1)C(=O)O. The number of ether oxygens (including phenoxy) is 2. The number of hydrogen-bond acceptors (Lipinski definition) is 6. The molecule has 162 valence electrons. The van der Waals surface area contributed by atoms with Crippen LogP contribution in [0.15, 0.2) is 60.9 Å². The predicted octanol–water partition coefficient (Wildman–Crippen LogP) is 4.79. The van der Waals surface area contributed by atoms with E-state index in [9.17, 15) is 9.90 Å². The second-order valence-electron chi connectivity index (χ2n) is 7.13. The highest BCUT2D eigenvalue weighted by atomic mass is 16.5. The van der Waals surface area contributed by atoms with E-state index in [-0.39, 0.29) is 0 Å². The maximum atomic E-state index is 11.5. The maximum absolute atomic E-state index is 11.5. The zero-order valence-electron chi connectivity index (χ0n) is 17.7. The van der Waals surface area contributed by atoms with Gasteiger partial charge < -0.3 is 19.9 Å². The minimum atomic E-state index is -0.883. The minimum Gasteiger partial charge on any atom is -0.497 e. The largest absolute Gasteiger partial charge is 0.497 e. The molecule has 0 aliphatic rings. The molecule has 0 saturated carbocycles. The first-order valence-corrected chi connectivity index (χ1v) is 10.3. The van der Waals surface area contributed by atoms with Crippen LogP contribution in [0.1, 0.15) is 31.7 Å². The number of benzene rings is 2. The van der Waals surface area contributed by atoms with E-state index in [1.54, 1.807) is 13.2 Å². The van der Waals surface area contributed by atoms with Gasteiger partial charge in [-0.2, -0.15) is 0 Å². The van der Waals surface area contributed by atoms with Crippen LogP contribution in [0.5, 0.6) is 11.5 Å². The lowest BCUT2D eigenvalue weighted by Crippen LogP contribution is -2.29. The van der Waals surface area contributed by atoms with E-state index in [1.807, 2.05) is 55.5 Å². The third kappa shape index (κ3) is 6.44. The number of anilines is 1. The lowest BCUT2D eigenvalue weighted by Gasteiger charge is -2.15. The van der Waals surface area contributed by atoms with Gasteiger partial charge >= 0.3 is 5.97 Å². The summed E-state index contributed by atoms with van der Waals surface area (Å²) in [6.45, 7) is 2.47. The Balaban J connectivity index is 1.65. The monoisotopic (exact) mass is 421 g/mol. The van der Waals surface area contributed by atoms with Crippen LogP contribution < -0.4 is 14.8 Å². The van der Waals surface area contributed by atoms with Crippen molar-refractivity contribution in [2.24, 2.45) is 0 Å². The molecule has 2 aromatic carbocycles.